The molecular formula is C58H40Cl4N6O8. The maximum Gasteiger partial charge on any atom is 0.343 e. The quantitative estimate of drug-likeness (QED) is 0.0468. The lowest BCUT2D eigenvalue weighted by Crippen LogP contribution is -2.13. The van der Waals surface area contributed by atoms with Gasteiger partial charge in [0.25, 0.3) is 11.8 Å². The minimum atomic E-state index is -0.731. The number of esters is 2. The zero-order chi connectivity index (χ0) is 53.6. The van der Waals surface area contributed by atoms with Gasteiger partial charge in [-0.1, -0.05) is 133 Å². The fourth-order valence-electron chi connectivity index (χ4n) is 8.05. The Kier molecular flexibility index (Phi) is 15.7. The Hall–Kier alpha value is -8.66. The molecule has 0 aromatic heterocycles. The van der Waals surface area contributed by atoms with Crippen LogP contribution in [0.2, 0.25) is 20.1 Å². The van der Waals surface area contributed by atoms with Crippen LogP contribution in [0, 0.1) is 0 Å². The predicted molar refractivity (Wildman–Crippen MR) is 296 cm³/mol. The fraction of sp³-hybridized carbons (Fsp3) is 0.0690. The van der Waals surface area contributed by atoms with E-state index in [4.69, 9.17) is 55.9 Å². The molecule has 0 aliphatic carbocycles. The highest BCUT2D eigenvalue weighted by atomic mass is 35.5. The van der Waals surface area contributed by atoms with E-state index >= 15 is 0 Å². The van der Waals surface area contributed by atoms with Gasteiger partial charge in [-0.05, 0) is 120 Å². The first-order valence-electron chi connectivity index (χ1n) is 23.3. The molecule has 0 aliphatic heterocycles. The molecular weight excluding hydrogens is 1050 g/mol. The zero-order valence-electron chi connectivity index (χ0n) is 40.1. The van der Waals surface area contributed by atoms with Gasteiger partial charge in [-0.15, -0.1) is 10.2 Å². The number of nitrogens with one attached hydrogen (secondary N) is 2. The van der Waals surface area contributed by atoms with E-state index in [0.29, 0.717) is 57.1 Å². The van der Waals surface area contributed by atoms with E-state index in [9.17, 15) is 29.4 Å². The molecule has 0 fully saturated rings. The molecule has 0 bridgehead atoms. The first-order chi connectivity index (χ1) is 36.7. The second-order valence-corrected chi connectivity index (χ2v) is 18.5. The third-order valence-corrected chi connectivity index (χ3v) is 13.2. The van der Waals surface area contributed by atoms with Gasteiger partial charge >= 0.3 is 11.9 Å². The van der Waals surface area contributed by atoms with E-state index in [2.05, 4.69) is 31.1 Å². The number of phenolic OH excluding ortho intramolecular Hbond substituents is 2. The largest absolute Gasteiger partial charge is 0.505 e. The molecule has 9 aromatic rings. The van der Waals surface area contributed by atoms with Crippen LogP contribution in [0.4, 0.5) is 34.1 Å². The third kappa shape index (κ3) is 11.2. The molecule has 0 atom stereocenters. The highest BCUT2D eigenvalue weighted by Gasteiger charge is 2.23. The molecule has 0 saturated heterocycles. The molecule has 76 heavy (non-hydrogen) atoms. The number of carbonyl (C=O) groups is 4. The molecule has 4 N–H and O–H groups in total. The van der Waals surface area contributed by atoms with Crippen molar-refractivity contribution < 1.29 is 38.9 Å². The van der Waals surface area contributed by atoms with E-state index in [-0.39, 0.29) is 65.2 Å². The maximum atomic E-state index is 13.9. The Labute approximate surface area is 454 Å². The van der Waals surface area contributed by atoms with Crippen LogP contribution in [-0.2, 0) is 12.8 Å². The van der Waals surface area contributed by atoms with Gasteiger partial charge in [0, 0.05) is 22.1 Å². The number of hydrogen-bond donors (Lipinski definition) is 4. The number of anilines is 2. The second-order valence-electron chi connectivity index (χ2n) is 16.8. The lowest BCUT2D eigenvalue weighted by molar-refractivity contribution is 0.0725. The summed E-state index contributed by atoms with van der Waals surface area (Å²) < 4.78 is 11.0. The van der Waals surface area contributed by atoms with Crippen molar-refractivity contribution in [3.8, 4) is 23.0 Å². The van der Waals surface area contributed by atoms with E-state index in [0.717, 1.165) is 11.1 Å². The molecule has 0 heterocycles. The third-order valence-electron chi connectivity index (χ3n) is 12.0. The summed E-state index contributed by atoms with van der Waals surface area (Å²) in [5.41, 5.74) is 2.87. The van der Waals surface area contributed by atoms with E-state index in [1.165, 1.54) is 24.3 Å². The molecule has 0 unspecified atom stereocenters. The van der Waals surface area contributed by atoms with Crippen molar-refractivity contribution in [3.05, 3.63) is 211 Å². The molecule has 18 heteroatoms. The molecule has 0 spiro atoms. The average molecular weight is 1090 g/mol. The van der Waals surface area contributed by atoms with Crippen molar-refractivity contribution in [3.63, 3.8) is 0 Å². The van der Waals surface area contributed by atoms with Crippen molar-refractivity contribution in [1.82, 2.24) is 0 Å². The molecule has 9 aromatic carbocycles. The molecule has 14 nitrogen and oxygen atoms in total. The number of benzene rings is 9. The van der Waals surface area contributed by atoms with Gasteiger partial charge in [0.05, 0.1) is 53.7 Å². The average Bonchev–Trinajstić information content (AvgIpc) is 3.42. The van der Waals surface area contributed by atoms with E-state index in [1.807, 2.05) is 13.8 Å². The first kappa shape index (κ1) is 52.2. The number of hydrogen-bond acceptors (Lipinski definition) is 12. The number of rotatable bonds is 14. The number of amides is 2. The van der Waals surface area contributed by atoms with Gasteiger partial charge in [-0.3, -0.25) is 9.59 Å². The van der Waals surface area contributed by atoms with Crippen LogP contribution in [-0.4, -0.2) is 34.0 Å². The number of ether oxygens (including phenoxy) is 2. The minimum Gasteiger partial charge on any atom is -0.505 e. The van der Waals surface area contributed by atoms with Gasteiger partial charge in [0.2, 0.25) is 0 Å². The Bertz CT molecular complexity index is 3580. The molecule has 378 valence electrons. The van der Waals surface area contributed by atoms with E-state index in [1.54, 1.807) is 133 Å². The number of nitrogens with zero attached hydrogens (tertiary/aromatic N) is 4. The summed E-state index contributed by atoms with van der Waals surface area (Å²) in [4.78, 5) is 54.3. The highest BCUT2D eigenvalue weighted by molar-refractivity contribution is 6.38. The number of carbonyl (C=O) groups excluding carboxylic acids is 4. The summed E-state index contributed by atoms with van der Waals surface area (Å²) in [6, 6.07) is 42.3. The van der Waals surface area contributed by atoms with E-state index < -0.39 is 35.3 Å². The maximum absolute atomic E-state index is 13.9. The van der Waals surface area contributed by atoms with Crippen molar-refractivity contribution in [2.75, 3.05) is 10.6 Å². The van der Waals surface area contributed by atoms with Crippen molar-refractivity contribution in [1.29, 1.82) is 0 Å². The van der Waals surface area contributed by atoms with Crippen LogP contribution in [0.15, 0.2) is 178 Å². The zero-order valence-corrected chi connectivity index (χ0v) is 43.1. The summed E-state index contributed by atoms with van der Waals surface area (Å²) >= 11 is 24.9. The normalized spacial score (nSPS) is 11.3. The first-order valence-corrected chi connectivity index (χ1v) is 24.9. The number of aromatic hydroxyl groups is 2. The number of halogens is 4. The summed E-state index contributed by atoms with van der Waals surface area (Å²) in [6.07, 6.45) is 1.06. The monoisotopic (exact) mass is 1090 g/mol. The van der Waals surface area contributed by atoms with Crippen LogP contribution in [0.5, 0.6) is 23.0 Å². The van der Waals surface area contributed by atoms with Crippen LogP contribution < -0.4 is 20.1 Å². The number of azo groups is 2. The molecule has 2 amide bonds. The number of fused-ring (bicyclic) bond motifs is 2. The van der Waals surface area contributed by atoms with Crippen LogP contribution in [0.1, 0.15) is 66.4 Å². The van der Waals surface area contributed by atoms with Gasteiger partial charge < -0.3 is 30.3 Å². The molecule has 9 rings (SSSR count). The second kappa shape index (κ2) is 22.8. The number of para-hydroxylation sites is 2. The molecule has 0 radical (unpaired) electrons. The SMILES string of the molecule is CCc1ccc(C(=O)Oc2c(Cl)cccc2Cl)cc1N=Nc1c(O)c(C(=O)Nc2ccc(NC(=O)c3cc4ccccc4c(N=Nc4cc(C(=O)Oc5c(Cl)cccc5Cl)ccc4CC)c3O)cc2)cc2ccccc12. The Morgan fingerprint density at radius 2 is 0.829 bits per heavy atom. The van der Waals surface area contributed by atoms with Gasteiger partial charge in [0.1, 0.15) is 11.4 Å². The van der Waals surface area contributed by atoms with Crippen molar-refractivity contribution in [2.24, 2.45) is 20.5 Å². The van der Waals surface area contributed by atoms with Gasteiger partial charge in [-0.25, -0.2) is 9.59 Å². The fourth-order valence-corrected chi connectivity index (χ4v) is 9.00. The van der Waals surface area contributed by atoms with Gasteiger partial charge in [-0.2, -0.15) is 10.2 Å². The topological polar surface area (TPSA) is 201 Å². The smallest absolute Gasteiger partial charge is 0.343 e. The molecule has 0 saturated carbocycles. The predicted octanol–water partition coefficient (Wildman–Crippen LogP) is 16.9. The standard InChI is InChI=1S/C58H40Cl4N6O8/c1-3-31-19-21-35(57(73)75-53-43(59)15-9-16-44(53)60)29-47(31)65-67-49-39-13-7-5-11-33(39)27-41(51(49)69)55(71)63-37-23-25-38(26-24-37)64-56(72)42-28-34-12-6-8-14-40(34)50(52(42)70)68-66-48-30-36(22-20-32(48)4-2)58(74)76-54-45(61)17-10-18-46(54)62/h5-30,69-70H,3-4H2,1-2H3,(H,63,71)(H,64,72). The van der Waals surface area contributed by atoms with Crippen molar-refractivity contribution >= 4 is 126 Å². The Balaban J connectivity index is 0.929. The summed E-state index contributed by atoms with van der Waals surface area (Å²) in [7, 11) is 0. The van der Waals surface area contributed by atoms with Crippen LogP contribution >= 0.6 is 46.4 Å². The lowest BCUT2D eigenvalue weighted by Gasteiger charge is -2.13. The summed E-state index contributed by atoms with van der Waals surface area (Å²) in [5.74, 6) is -3.67. The highest BCUT2D eigenvalue weighted by Crippen LogP contribution is 2.43. The van der Waals surface area contributed by atoms with Crippen LogP contribution in [0.3, 0.4) is 0 Å². The van der Waals surface area contributed by atoms with Crippen molar-refractivity contribution in [2.45, 2.75) is 26.7 Å². The summed E-state index contributed by atoms with van der Waals surface area (Å²) in [6.45, 7) is 3.82. The lowest BCUT2D eigenvalue weighted by atomic mass is 10.0. The number of aryl methyl sites for hydroxylation is 2. The minimum absolute atomic E-state index is 0.0130. The van der Waals surface area contributed by atoms with Gasteiger partial charge in [0.15, 0.2) is 23.0 Å². The molecule has 0 aliphatic rings. The Morgan fingerprint density at radius 3 is 1.20 bits per heavy atom. The Morgan fingerprint density at radius 1 is 0.461 bits per heavy atom. The number of phenols is 2. The van der Waals surface area contributed by atoms with Crippen LogP contribution in [0.25, 0.3) is 21.5 Å². The summed E-state index contributed by atoms with van der Waals surface area (Å²) in [5, 5.41) is 49.5.